The third-order valence-corrected chi connectivity index (χ3v) is 5.11. The fraction of sp³-hybridized carbons (Fsp3) is 0.238. The topological polar surface area (TPSA) is 55.1 Å². The Labute approximate surface area is 170 Å². The van der Waals surface area contributed by atoms with Crippen LogP contribution in [0.3, 0.4) is 0 Å². The van der Waals surface area contributed by atoms with Crippen LogP contribution in [0.4, 0.5) is 13.2 Å². The van der Waals surface area contributed by atoms with Crippen molar-refractivity contribution in [2.24, 2.45) is 0 Å². The SMILES string of the molecule is O=C(CCc1ncc(-c2ccc(F)cc2F)o1)NCCSCc1ccccc1F. The fourth-order valence-electron chi connectivity index (χ4n) is 2.61. The maximum absolute atomic E-state index is 13.8. The van der Waals surface area contributed by atoms with Crippen LogP contribution in [0.15, 0.2) is 53.1 Å². The van der Waals surface area contributed by atoms with Crippen LogP contribution < -0.4 is 5.32 Å². The van der Waals surface area contributed by atoms with E-state index in [4.69, 9.17) is 4.42 Å². The lowest BCUT2D eigenvalue weighted by molar-refractivity contribution is -0.121. The number of rotatable bonds is 9. The molecule has 152 valence electrons. The number of benzene rings is 2. The van der Waals surface area contributed by atoms with Gasteiger partial charge in [-0.05, 0) is 23.8 Å². The summed E-state index contributed by atoms with van der Waals surface area (Å²) in [7, 11) is 0. The minimum absolute atomic E-state index is 0.112. The molecular formula is C21H19F3N2O2S. The van der Waals surface area contributed by atoms with Crippen LogP contribution in [-0.2, 0) is 17.0 Å². The Kier molecular flexibility index (Phi) is 7.35. The zero-order valence-electron chi connectivity index (χ0n) is 15.5. The average Bonchev–Trinajstić information content (AvgIpc) is 3.16. The molecule has 0 saturated heterocycles. The van der Waals surface area contributed by atoms with Crippen molar-refractivity contribution in [2.75, 3.05) is 12.3 Å². The minimum atomic E-state index is -0.738. The molecule has 0 aliphatic rings. The third kappa shape index (κ3) is 6.12. The lowest BCUT2D eigenvalue weighted by atomic mass is 10.2. The Morgan fingerprint density at radius 1 is 1.10 bits per heavy atom. The molecule has 1 heterocycles. The number of halogens is 3. The van der Waals surface area contributed by atoms with Crippen molar-refractivity contribution in [3.05, 3.63) is 77.6 Å². The van der Waals surface area contributed by atoms with E-state index in [0.29, 0.717) is 29.5 Å². The number of nitrogens with one attached hydrogen (secondary N) is 1. The molecule has 3 rings (SSSR count). The molecule has 0 atom stereocenters. The molecule has 29 heavy (non-hydrogen) atoms. The van der Waals surface area contributed by atoms with E-state index in [2.05, 4.69) is 10.3 Å². The molecule has 3 aromatic rings. The molecule has 4 nitrogen and oxygen atoms in total. The van der Waals surface area contributed by atoms with Gasteiger partial charge in [-0.1, -0.05) is 18.2 Å². The van der Waals surface area contributed by atoms with E-state index < -0.39 is 11.6 Å². The summed E-state index contributed by atoms with van der Waals surface area (Å²) >= 11 is 1.53. The van der Waals surface area contributed by atoms with Gasteiger partial charge in [-0.2, -0.15) is 11.8 Å². The van der Waals surface area contributed by atoms with Crippen LogP contribution in [0.25, 0.3) is 11.3 Å². The summed E-state index contributed by atoms with van der Waals surface area (Å²) in [5.74, 6) is -0.114. The van der Waals surface area contributed by atoms with Gasteiger partial charge in [-0.15, -0.1) is 0 Å². The monoisotopic (exact) mass is 420 g/mol. The zero-order valence-corrected chi connectivity index (χ0v) is 16.3. The molecule has 0 saturated carbocycles. The van der Waals surface area contributed by atoms with E-state index in [1.54, 1.807) is 18.2 Å². The van der Waals surface area contributed by atoms with Crippen LogP contribution in [0.2, 0.25) is 0 Å². The molecule has 0 fully saturated rings. The Bertz CT molecular complexity index is 978. The Morgan fingerprint density at radius 2 is 1.93 bits per heavy atom. The van der Waals surface area contributed by atoms with Crippen molar-refractivity contribution in [1.29, 1.82) is 0 Å². The second kappa shape index (κ2) is 10.2. The maximum atomic E-state index is 13.8. The molecule has 0 unspecified atom stereocenters. The highest BCUT2D eigenvalue weighted by Gasteiger charge is 2.13. The molecule has 8 heteroatoms. The molecule has 0 radical (unpaired) electrons. The van der Waals surface area contributed by atoms with Gasteiger partial charge in [0.15, 0.2) is 11.7 Å². The molecule has 0 aliphatic carbocycles. The lowest BCUT2D eigenvalue weighted by Crippen LogP contribution is -2.26. The van der Waals surface area contributed by atoms with E-state index in [9.17, 15) is 18.0 Å². The minimum Gasteiger partial charge on any atom is -0.441 e. The van der Waals surface area contributed by atoms with Crippen molar-refractivity contribution < 1.29 is 22.4 Å². The van der Waals surface area contributed by atoms with Crippen LogP contribution >= 0.6 is 11.8 Å². The van der Waals surface area contributed by atoms with Gasteiger partial charge in [0, 0.05) is 37.0 Å². The summed E-state index contributed by atoms with van der Waals surface area (Å²) in [6.07, 6.45) is 1.78. The van der Waals surface area contributed by atoms with Gasteiger partial charge in [-0.3, -0.25) is 4.79 Å². The average molecular weight is 420 g/mol. The Hall–Kier alpha value is -2.74. The second-order valence-electron chi connectivity index (χ2n) is 6.24. The van der Waals surface area contributed by atoms with E-state index in [0.717, 1.165) is 12.1 Å². The first kappa shape index (κ1) is 21.0. The number of carbonyl (C=O) groups excluding carboxylic acids is 1. The predicted octanol–water partition coefficient (Wildman–Crippen LogP) is 4.74. The second-order valence-corrected chi connectivity index (χ2v) is 7.34. The van der Waals surface area contributed by atoms with Gasteiger partial charge in [0.1, 0.15) is 17.5 Å². The van der Waals surface area contributed by atoms with E-state index in [1.165, 1.54) is 30.1 Å². The molecule has 1 aromatic heterocycles. The Balaban J connectivity index is 1.37. The number of nitrogens with zero attached hydrogens (tertiary/aromatic N) is 1. The standard InChI is InChI=1S/C21H19F3N2O2S/c22-15-5-6-16(18(24)11-15)19-12-26-21(28-19)8-7-20(27)25-9-10-29-13-14-3-1-2-4-17(14)23/h1-6,11-12H,7-10,13H2,(H,25,27). The summed E-state index contributed by atoms with van der Waals surface area (Å²) in [4.78, 5) is 16.0. The van der Waals surface area contributed by atoms with Crippen molar-refractivity contribution in [2.45, 2.75) is 18.6 Å². The van der Waals surface area contributed by atoms with Crippen LogP contribution in [-0.4, -0.2) is 23.2 Å². The summed E-state index contributed by atoms with van der Waals surface area (Å²) in [5, 5.41) is 2.78. The summed E-state index contributed by atoms with van der Waals surface area (Å²) in [6.45, 7) is 0.468. The largest absolute Gasteiger partial charge is 0.441 e. The highest BCUT2D eigenvalue weighted by Crippen LogP contribution is 2.24. The molecule has 0 bridgehead atoms. The summed E-state index contributed by atoms with van der Waals surface area (Å²) in [5.41, 5.74) is 0.752. The molecule has 0 aliphatic heterocycles. The summed E-state index contributed by atoms with van der Waals surface area (Å²) < 4.78 is 45.7. The van der Waals surface area contributed by atoms with Crippen molar-refractivity contribution >= 4 is 17.7 Å². The molecule has 1 amide bonds. The van der Waals surface area contributed by atoms with Gasteiger partial charge in [0.2, 0.25) is 5.91 Å². The highest BCUT2D eigenvalue weighted by atomic mass is 32.2. The van der Waals surface area contributed by atoms with Crippen LogP contribution in [0.1, 0.15) is 17.9 Å². The number of thioether (sulfide) groups is 1. The predicted molar refractivity (Wildman–Crippen MR) is 106 cm³/mol. The first-order valence-electron chi connectivity index (χ1n) is 9.01. The summed E-state index contributed by atoms with van der Waals surface area (Å²) in [6, 6.07) is 9.80. The number of oxazole rings is 1. The normalized spacial score (nSPS) is 10.9. The molecule has 0 spiro atoms. The number of carbonyl (C=O) groups is 1. The van der Waals surface area contributed by atoms with Crippen molar-refractivity contribution in [3.8, 4) is 11.3 Å². The quantitative estimate of drug-likeness (QED) is 0.508. The first-order valence-corrected chi connectivity index (χ1v) is 10.2. The number of amides is 1. The third-order valence-electron chi connectivity index (χ3n) is 4.10. The smallest absolute Gasteiger partial charge is 0.220 e. The Morgan fingerprint density at radius 3 is 2.72 bits per heavy atom. The molecule has 1 N–H and O–H groups in total. The van der Waals surface area contributed by atoms with E-state index >= 15 is 0 Å². The number of aryl methyl sites for hydroxylation is 1. The maximum Gasteiger partial charge on any atom is 0.220 e. The van der Waals surface area contributed by atoms with Gasteiger partial charge in [0.25, 0.3) is 0 Å². The molecular weight excluding hydrogens is 401 g/mol. The highest BCUT2D eigenvalue weighted by molar-refractivity contribution is 7.98. The van der Waals surface area contributed by atoms with E-state index in [-0.39, 0.29) is 35.9 Å². The molecule has 2 aromatic carbocycles. The van der Waals surface area contributed by atoms with Gasteiger partial charge in [0.05, 0.1) is 11.8 Å². The number of hydrogen-bond donors (Lipinski definition) is 1. The number of aromatic nitrogens is 1. The zero-order chi connectivity index (χ0) is 20.6. The van der Waals surface area contributed by atoms with Crippen LogP contribution in [0, 0.1) is 17.5 Å². The van der Waals surface area contributed by atoms with Gasteiger partial charge < -0.3 is 9.73 Å². The fourth-order valence-corrected chi connectivity index (χ4v) is 3.45. The first-order chi connectivity index (χ1) is 14.0. The van der Waals surface area contributed by atoms with E-state index in [1.807, 2.05) is 0 Å². The van der Waals surface area contributed by atoms with Crippen molar-refractivity contribution in [1.82, 2.24) is 10.3 Å². The lowest BCUT2D eigenvalue weighted by Gasteiger charge is -2.05. The van der Waals surface area contributed by atoms with Crippen LogP contribution in [0.5, 0.6) is 0 Å². The van der Waals surface area contributed by atoms with Gasteiger partial charge in [-0.25, -0.2) is 18.2 Å². The van der Waals surface area contributed by atoms with Gasteiger partial charge >= 0.3 is 0 Å². The number of hydrogen-bond acceptors (Lipinski definition) is 4. The van der Waals surface area contributed by atoms with Crippen molar-refractivity contribution in [3.63, 3.8) is 0 Å².